The molecule has 4 heteroatoms. The maximum absolute atomic E-state index is 12.9. The molecule has 0 aliphatic heterocycles. The van der Waals surface area contributed by atoms with E-state index in [0.29, 0.717) is 16.8 Å². The molecule has 4 aromatic rings. The van der Waals surface area contributed by atoms with Crippen LogP contribution in [0, 0.1) is 25.2 Å². The summed E-state index contributed by atoms with van der Waals surface area (Å²) in [6.45, 7) is 3.83. The lowest BCUT2D eigenvalue weighted by Crippen LogP contribution is -2.17. The van der Waals surface area contributed by atoms with E-state index in [4.69, 9.17) is 0 Å². The number of hydrogen-bond acceptors (Lipinski definition) is 2. The predicted molar refractivity (Wildman–Crippen MR) is 103 cm³/mol. The summed E-state index contributed by atoms with van der Waals surface area (Å²) in [5.41, 5.74) is 6.00. The van der Waals surface area contributed by atoms with Crippen molar-refractivity contribution in [1.82, 2.24) is 9.38 Å². The Hall–Kier alpha value is -3.58. The van der Waals surface area contributed by atoms with Crippen LogP contribution in [0.3, 0.4) is 0 Å². The van der Waals surface area contributed by atoms with Crippen LogP contribution in [0.4, 0.5) is 0 Å². The molecular weight excluding hydrogens is 322 g/mol. The molecule has 1 N–H and O–H groups in total. The van der Waals surface area contributed by atoms with Crippen molar-refractivity contribution >= 4 is 5.65 Å². The van der Waals surface area contributed by atoms with Crippen LogP contribution in [0.5, 0.6) is 0 Å². The number of nitrogens with one attached hydrogen (secondary N) is 1. The Morgan fingerprint density at radius 1 is 0.962 bits per heavy atom. The zero-order chi connectivity index (χ0) is 18.3. The van der Waals surface area contributed by atoms with Crippen molar-refractivity contribution in [2.45, 2.75) is 13.8 Å². The lowest BCUT2D eigenvalue weighted by Gasteiger charge is -2.08. The van der Waals surface area contributed by atoms with E-state index in [0.717, 1.165) is 27.9 Å². The molecule has 0 atom stereocenters. The zero-order valence-electron chi connectivity index (χ0n) is 14.6. The summed E-state index contributed by atoms with van der Waals surface area (Å²) >= 11 is 0. The van der Waals surface area contributed by atoms with Crippen molar-refractivity contribution in [3.05, 3.63) is 87.8 Å². The quantitative estimate of drug-likeness (QED) is 0.586. The molecule has 126 valence electrons. The first-order valence-electron chi connectivity index (χ1n) is 8.40. The second kappa shape index (κ2) is 6.05. The minimum absolute atomic E-state index is 0.118. The number of H-pyrrole nitrogens is 1. The Morgan fingerprint density at radius 3 is 2.31 bits per heavy atom. The number of hydrogen-bond donors (Lipinski definition) is 1. The Balaban J connectivity index is 2.04. The first-order valence-corrected chi connectivity index (χ1v) is 8.40. The summed E-state index contributed by atoms with van der Waals surface area (Å²) < 4.78 is 1.54. The first kappa shape index (κ1) is 15.9. The van der Waals surface area contributed by atoms with Crippen LogP contribution < -0.4 is 5.56 Å². The van der Waals surface area contributed by atoms with Gasteiger partial charge in [0.05, 0.1) is 5.69 Å². The molecule has 0 saturated heterocycles. The van der Waals surface area contributed by atoms with Crippen molar-refractivity contribution in [1.29, 1.82) is 5.26 Å². The number of aromatic amines is 1. The molecule has 0 bridgehead atoms. The number of nitrogens with zero attached hydrogens (tertiary/aromatic N) is 2. The van der Waals surface area contributed by atoms with E-state index >= 15 is 0 Å². The van der Waals surface area contributed by atoms with Crippen LogP contribution in [-0.2, 0) is 0 Å². The zero-order valence-corrected chi connectivity index (χ0v) is 14.6. The smallest absolute Gasteiger partial charge is 0.261 e. The Labute approximate surface area is 151 Å². The highest BCUT2D eigenvalue weighted by Crippen LogP contribution is 2.29. The predicted octanol–water partition coefficient (Wildman–Crippen LogP) is 4.45. The third-order valence-corrected chi connectivity index (χ3v) is 4.70. The van der Waals surface area contributed by atoms with E-state index in [9.17, 15) is 10.1 Å². The Morgan fingerprint density at radius 2 is 1.65 bits per heavy atom. The topological polar surface area (TPSA) is 61.1 Å². The summed E-state index contributed by atoms with van der Waals surface area (Å²) in [5, 5.41) is 9.74. The fourth-order valence-corrected chi connectivity index (χ4v) is 3.25. The number of rotatable bonds is 2. The Bertz CT molecular complexity index is 1210. The van der Waals surface area contributed by atoms with E-state index in [1.54, 1.807) is 6.20 Å². The van der Waals surface area contributed by atoms with Crippen molar-refractivity contribution in [3.63, 3.8) is 0 Å². The van der Waals surface area contributed by atoms with Crippen LogP contribution in [0.15, 0.2) is 65.6 Å². The third-order valence-electron chi connectivity index (χ3n) is 4.70. The molecule has 2 aromatic carbocycles. The molecule has 0 fully saturated rings. The monoisotopic (exact) mass is 339 g/mol. The summed E-state index contributed by atoms with van der Waals surface area (Å²) in [7, 11) is 0. The molecule has 0 spiro atoms. The maximum atomic E-state index is 12.9. The van der Waals surface area contributed by atoms with Crippen molar-refractivity contribution in [3.8, 4) is 28.5 Å². The molecule has 0 unspecified atom stereocenters. The van der Waals surface area contributed by atoms with E-state index in [-0.39, 0.29) is 5.56 Å². The van der Waals surface area contributed by atoms with Gasteiger partial charge in [0, 0.05) is 17.3 Å². The van der Waals surface area contributed by atoms with E-state index in [1.165, 1.54) is 4.40 Å². The van der Waals surface area contributed by atoms with Crippen molar-refractivity contribution < 1.29 is 0 Å². The minimum atomic E-state index is -0.118. The van der Waals surface area contributed by atoms with Gasteiger partial charge in [-0.1, -0.05) is 60.2 Å². The Kier molecular flexibility index (Phi) is 3.70. The van der Waals surface area contributed by atoms with Crippen LogP contribution in [0.2, 0.25) is 0 Å². The molecule has 0 radical (unpaired) electrons. The second-order valence-electron chi connectivity index (χ2n) is 6.41. The molecule has 0 aliphatic rings. The lowest BCUT2D eigenvalue weighted by molar-refractivity contribution is 1.04. The van der Waals surface area contributed by atoms with E-state index < -0.39 is 0 Å². The average molecular weight is 339 g/mol. The highest BCUT2D eigenvalue weighted by Gasteiger charge is 2.17. The van der Waals surface area contributed by atoms with Gasteiger partial charge in [0.25, 0.3) is 5.56 Å². The fraction of sp³-hybridized carbons (Fsp3) is 0.0909. The molecule has 0 amide bonds. The van der Waals surface area contributed by atoms with Gasteiger partial charge in [0.2, 0.25) is 0 Å². The highest BCUT2D eigenvalue weighted by atomic mass is 16.1. The van der Waals surface area contributed by atoms with Gasteiger partial charge in [-0.25, -0.2) is 0 Å². The van der Waals surface area contributed by atoms with Gasteiger partial charge in [-0.3, -0.25) is 9.20 Å². The van der Waals surface area contributed by atoms with Crippen LogP contribution >= 0.6 is 0 Å². The lowest BCUT2D eigenvalue weighted by atomic mass is 10.0. The third kappa shape index (κ3) is 2.42. The summed E-state index contributed by atoms with van der Waals surface area (Å²) in [6, 6.07) is 19.9. The molecule has 4 rings (SSSR count). The van der Waals surface area contributed by atoms with Crippen LogP contribution in [-0.4, -0.2) is 9.38 Å². The van der Waals surface area contributed by atoms with Crippen LogP contribution in [0.1, 0.15) is 16.7 Å². The molecule has 4 nitrogen and oxygen atoms in total. The van der Waals surface area contributed by atoms with E-state index in [1.807, 2.05) is 68.4 Å². The van der Waals surface area contributed by atoms with Gasteiger partial charge in [0.1, 0.15) is 17.3 Å². The molecule has 26 heavy (non-hydrogen) atoms. The van der Waals surface area contributed by atoms with Gasteiger partial charge < -0.3 is 4.98 Å². The SMILES string of the molecule is Cc1ccc(-c2[nH]c3c(C#N)c(-c4ccccc4)cn3c(=O)c2C)cc1. The molecule has 2 heterocycles. The number of benzene rings is 2. The van der Waals surface area contributed by atoms with Gasteiger partial charge in [0.15, 0.2) is 0 Å². The number of fused-ring (bicyclic) bond motifs is 1. The molecule has 2 aromatic heterocycles. The molecule has 0 saturated carbocycles. The summed E-state index contributed by atoms with van der Waals surface area (Å²) in [4.78, 5) is 16.3. The first-order chi connectivity index (χ1) is 12.6. The highest BCUT2D eigenvalue weighted by molar-refractivity contribution is 5.80. The minimum Gasteiger partial charge on any atom is -0.339 e. The fourth-order valence-electron chi connectivity index (χ4n) is 3.25. The number of aryl methyl sites for hydroxylation is 1. The van der Waals surface area contributed by atoms with Crippen LogP contribution in [0.25, 0.3) is 28.0 Å². The summed E-state index contributed by atoms with van der Waals surface area (Å²) in [6.07, 6.45) is 1.74. The van der Waals surface area contributed by atoms with Gasteiger partial charge in [-0.15, -0.1) is 0 Å². The number of nitriles is 1. The van der Waals surface area contributed by atoms with Gasteiger partial charge in [-0.05, 0) is 25.0 Å². The largest absolute Gasteiger partial charge is 0.339 e. The molecule has 0 aliphatic carbocycles. The van der Waals surface area contributed by atoms with Gasteiger partial charge >= 0.3 is 0 Å². The summed E-state index contributed by atoms with van der Waals surface area (Å²) in [5.74, 6) is 0. The number of aromatic nitrogens is 2. The van der Waals surface area contributed by atoms with Crippen molar-refractivity contribution in [2.75, 3.05) is 0 Å². The maximum Gasteiger partial charge on any atom is 0.261 e. The second-order valence-corrected chi connectivity index (χ2v) is 6.41. The van der Waals surface area contributed by atoms with E-state index in [2.05, 4.69) is 11.1 Å². The van der Waals surface area contributed by atoms with Crippen molar-refractivity contribution in [2.24, 2.45) is 0 Å². The standard InChI is InChI=1S/C22H17N3O/c1-14-8-10-17(11-9-14)20-15(2)22(26)25-13-19(16-6-4-3-5-7-16)18(12-23)21(25)24-20/h3-11,13,24H,1-2H3. The van der Waals surface area contributed by atoms with Gasteiger partial charge in [-0.2, -0.15) is 5.26 Å². The average Bonchev–Trinajstić information content (AvgIpc) is 3.05. The normalized spacial score (nSPS) is 10.8. The molecular formula is C22H17N3O.